The number of hydrogen-bond donors (Lipinski definition) is 0. The molecule has 6 nitrogen and oxygen atoms in total. The number of esters is 3. The van der Waals surface area contributed by atoms with Gasteiger partial charge in [-0.15, -0.1) is 0 Å². The van der Waals surface area contributed by atoms with Crippen LogP contribution >= 0.6 is 0 Å². The van der Waals surface area contributed by atoms with Crippen LogP contribution in [0.2, 0.25) is 0 Å². The predicted molar refractivity (Wildman–Crippen MR) is 265 cm³/mol. The van der Waals surface area contributed by atoms with Crippen molar-refractivity contribution in [3.8, 4) is 0 Å². The zero-order valence-electron chi connectivity index (χ0n) is 40.6. The number of carbonyl (C=O) groups excluding carboxylic acids is 3. The van der Waals surface area contributed by atoms with E-state index in [1.807, 2.05) is 0 Å². The fourth-order valence-corrected chi connectivity index (χ4v) is 7.12. The van der Waals surface area contributed by atoms with Crippen LogP contribution in [0.15, 0.2) is 72.9 Å². The molecule has 0 spiro atoms. The molecule has 0 fully saturated rings. The SMILES string of the molecule is CC/C=C\C/C=C\C/C=C\C/C=C\CCCCCC(=O)OCC(COC(=O)CCCCCCC/C=C\C/C=C\CC)OC(=O)CCCCCCCCCCCCCCCCCC. The molecule has 0 saturated carbocycles. The standard InChI is InChI=1S/C56H96O6/c1-4-7-10-13-16-19-22-25-27-29-31-34-37-40-43-46-49-55(58)61-52-53(51-60-54(57)48-45-42-39-36-33-24-21-18-15-12-9-6-3)62-56(59)50-47-44-41-38-35-32-30-28-26-23-20-17-14-11-8-5-2/h7,9-10,12,16,18-19,21,25,27,31,34,53H,4-6,8,11,13-15,17,20,22-24,26,28-30,32-33,35-52H2,1-3H3/b10-7-,12-9-,19-16-,21-18-,27-25-,34-31-. The Morgan fingerprint density at radius 1 is 0.339 bits per heavy atom. The Balaban J connectivity index is 4.43. The Bertz CT molecular complexity index is 1180. The maximum atomic E-state index is 12.8. The van der Waals surface area contributed by atoms with E-state index in [9.17, 15) is 14.4 Å². The fraction of sp³-hybridized carbons (Fsp3) is 0.732. The van der Waals surface area contributed by atoms with Gasteiger partial charge in [-0.25, -0.2) is 0 Å². The number of hydrogen-bond acceptors (Lipinski definition) is 6. The number of unbranched alkanes of at least 4 members (excludes halogenated alkanes) is 23. The average Bonchev–Trinajstić information content (AvgIpc) is 3.27. The molecule has 0 aromatic rings. The number of rotatable bonds is 46. The van der Waals surface area contributed by atoms with E-state index in [4.69, 9.17) is 14.2 Å². The van der Waals surface area contributed by atoms with Crippen LogP contribution in [0.4, 0.5) is 0 Å². The minimum atomic E-state index is -0.792. The topological polar surface area (TPSA) is 78.9 Å². The number of ether oxygens (including phenoxy) is 3. The van der Waals surface area contributed by atoms with Crippen LogP contribution in [0.25, 0.3) is 0 Å². The van der Waals surface area contributed by atoms with Gasteiger partial charge in [0.25, 0.3) is 0 Å². The summed E-state index contributed by atoms with van der Waals surface area (Å²) in [5.74, 6) is -0.933. The summed E-state index contributed by atoms with van der Waals surface area (Å²) in [7, 11) is 0. The third-order valence-electron chi connectivity index (χ3n) is 11.0. The third-order valence-corrected chi connectivity index (χ3v) is 11.0. The quantitative estimate of drug-likeness (QED) is 0.0262. The van der Waals surface area contributed by atoms with E-state index in [1.54, 1.807) is 0 Å². The first-order chi connectivity index (χ1) is 30.5. The van der Waals surface area contributed by atoms with Crippen molar-refractivity contribution >= 4 is 17.9 Å². The van der Waals surface area contributed by atoms with Gasteiger partial charge in [0.2, 0.25) is 0 Å². The Labute approximate surface area is 382 Å². The van der Waals surface area contributed by atoms with Crippen molar-refractivity contribution < 1.29 is 28.6 Å². The molecule has 0 bridgehead atoms. The number of carbonyl (C=O) groups is 3. The minimum Gasteiger partial charge on any atom is -0.462 e. The van der Waals surface area contributed by atoms with Crippen molar-refractivity contribution in [3.63, 3.8) is 0 Å². The molecule has 0 aliphatic carbocycles. The Morgan fingerprint density at radius 2 is 0.629 bits per heavy atom. The molecule has 0 radical (unpaired) electrons. The first kappa shape index (κ1) is 58.9. The molecule has 356 valence electrons. The maximum Gasteiger partial charge on any atom is 0.306 e. The Kier molecular flexibility index (Phi) is 47.9. The molecular weight excluding hydrogens is 769 g/mol. The molecule has 0 aromatic heterocycles. The molecule has 0 aromatic carbocycles. The van der Waals surface area contributed by atoms with Gasteiger partial charge in [-0.05, 0) is 83.5 Å². The van der Waals surface area contributed by atoms with E-state index < -0.39 is 6.10 Å². The number of allylic oxidation sites excluding steroid dienone is 12. The summed E-state index contributed by atoms with van der Waals surface area (Å²) >= 11 is 0. The molecule has 0 N–H and O–H groups in total. The first-order valence-electron chi connectivity index (χ1n) is 25.9. The molecule has 1 unspecified atom stereocenters. The average molecular weight is 865 g/mol. The highest BCUT2D eigenvalue weighted by Gasteiger charge is 2.19. The lowest BCUT2D eigenvalue weighted by molar-refractivity contribution is -0.167. The lowest BCUT2D eigenvalue weighted by Gasteiger charge is -2.18. The second-order valence-corrected chi connectivity index (χ2v) is 17.0. The van der Waals surface area contributed by atoms with Crippen molar-refractivity contribution in [1.82, 2.24) is 0 Å². The molecule has 0 aliphatic heterocycles. The molecule has 1 atom stereocenters. The monoisotopic (exact) mass is 865 g/mol. The second-order valence-electron chi connectivity index (χ2n) is 17.0. The van der Waals surface area contributed by atoms with Crippen LogP contribution in [0.1, 0.15) is 245 Å². The van der Waals surface area contributed by atoms with Gasteiger partial charge in [0.15, 0.2) is 6.10 Å². The summed E-state index contributed by atoms with van der Waals surface area (Å²) in [6.07, 6.45) is 63.2. The highest BCUT2D eigenvalue weighted by molar-refractivity contribution is 5.71. The van der Waals surface area contributed by atoms with Gasteiger partial charge in [0.05, 0.1) is 0 Å². The van der Waals surface area contributed by atoms with Gasteiger partial charge in [-0.3, -0.25) is 14.4 Å². The summed E-state index contributed by atoms with van der Waals surface area (Å²) in [4.78, 5) is 38.0. The zero-order chi connectivity index (χ0) is 45.1. The molecule has 62 heavy (non-hydrogen) atoms. The normalized spacial score (nSPS) is 12.6. The van der Waals surface area contributed by atoms with E-state index in [-0.39, 0.29) is 31.1 Å². The van der Waals surface area contributed by atoms with E-state index >= 15 is 0 Å². The lowest BCUT2D eigenvalue weighted by atomic mass is 10.0. The molecule has 0 aliphatic rings. The van der Waals surface area contributed by atoms with E-state index in [2.05, 4.69) is 93.7 Å². The van der Waals surface area contributed by atoms with Crippen molar-refractivity contribution in [2.24, 2.45) is 0 Å². The first-order valence-corrected chi connectivity index (χ1v) is 25.9. The van der Waals surface area contributed by atoms with Crippen molar-refractivity contribution in [2.75, 3.05) is 13.2 Å². The highest BCUT2D eigenvalue weighted by Crippen LogP contribution is 2.15. The van der Waals surface area contributed by atoms with Crippen LogP contribution in [0, 0.1) is 0 Å². The minimum absolute atomic E-state index is 0.0918. The van der Waals surface area contributed by atoms with Gasteiger partial charge >= 0.3 is 17.9 Å². The third kappa shape index (κ3) is 47.9. The summed E-state index contributed by atoms with van der Waals surface area (Å²) < 4.78 is 16.8. The van der Waals surface area contributed by atoms with Gasteiger partial charge in [0, 0.05) is 19.3 Å². The highest BCUT2D eigenvalue weighted by atomic mass is 16.6. The summed E-state index contributed by atoms with van der Waals surface area (Å²) in [5, 5.41) is 0. The summed E-state index contributed by atoms with van der Waals surface area (Å²) in [6.45, 7) is 6.38. The van der Waals surface area contributed by atoms with E-state index in [0.29, 0.717) is 19.3 Å². The van der Waals surface area contributed by atoms with Crippen molar-refractivity contribution in [1.29, 1.82) is 0 Å². The van der Waals surface area contributed by atoms with Gasteiger partial charge in [0.1, 0.15) is 13.2 Å². The Hall–Kier alpha value is -3.15. The van der Waals surface area contributed by atoms with Crippen LogP contribution in [0.5, 0.6) is 0 Å². The van der Waals surface area contributed by atoms with Crippen LogP contribution in [-0.4, -0.2) is 37.2 Å². The molecule has 0 amide bonds. The molecule has 0 rings (SSSR count). The molecule has 6 heteroatoms. The lowest BCUT2D eigenvalue weighted by Crippen LogP contribution is -2.30. The van der Waals surface area contributed by atoms with Gasteiger partial charge in [-0.1, -0.05) is 216 Å². The molecular formula is C56H96O6. The second kappa shape index (κ2) is 50.5. The summed E-state index contributed by atoms with van der Waals surface area (Å²) in [6, 6.07) is 0. The zero-order valence-corrected chi connectivity index (χ0v) is 40.6. The molecule has 0 saturated heterocycles. The predicted octanol–water partition coefficient (Wildman–Crippen LogP) is 17.0. The van der Waals surface area contributed by atoms with Crippen molar-refractivity contribution in [2.45, 2.75) is 252 Å². The van der Waals surface area contributed by atoms with Crippen LogP contribution in [-0.2, 0) is 28.6 Å². The Morgan fingerprint density at radius 3 is 1.00 bits per heavy atom. The van der Waals surface area contributed by atoms with Crippen LogP contribution in [0.3, 0.4) is 0 Å². The fourth-order valence-electron chi connectivity index (χ4n) is 7.12. The summed E-state index contributed by atoms with van der Waals surface area (Å²) in [5.41, 5.74) is 0. The maximum absolute atomic E-state index is 12.8. The largest absolute Gasteiger partial charge is 0.462 e. The van der Waals surface area contributed by atoms with Gasteiger partial charge < -0.3 is 14.2 Å². The van der Waals surface area contributed by atoms with Crippen LogP contribution < -0.4 is 0 Å². The van der Waals surface area contributed by atoms with Gasteiger partial charge in [-0.2, -0.15) is 0 Å². The smallest absolute Gasteiger partial charge is 0.306 e. The van der Waals surface area contributed by atoms with E-state index in [0.717, 1.165) is 122 Å². The van der Waals surface area contributed by atoms with Crippen molar-refractivity contribution in [3.05, 3.63) is 72.9 Å². The van der Waals surface area contributed by atoms with E-state index in [1.165, 1.54) is 83.5 Å². The molecule has 0 heterocycles.